The van der Waals surface area contributed by atoms with E-state index in [0.29, 0.717) is 23.5 Å². The van der Waals surface area contributed by atoms with Crippen LogP contribution in [0.15, 0.2) is 60.7 Å². The van der Waals surface area contributed by atoms with Gasteiger partial charge in [-0.3, -0.25) is 14.4 Å². The molecule has 0 unspecified atom stereocenters. The molecule has 160 valence electrons. The number of amides is 3. The number of nitrogens with one attached hydrogen (secondary N) is 2. The van der Waals surface area contributed by atoms with Crippen LogP contribution in [0.3, 0.4) is 0 Å². The summed E-state index contributed by atoms with van der Waals surface area (Å²) in [5, 5.41) is 7.34. The van der Waals surface area contributed by atoms with Crippen LogP contribution < -0.4 is 15.4 Å². The van der Waals surface area contributed by atoms with Crippen molar-refractivity contribution >= 4 is 39.9 Å². The van der Waals surface area contributed by atoms with Crippen LogP contribution in [0.5, 0.6) is 5.75 Å². The molecule has 0 spiro atoms. The third-order valence-corrected chi connectivity index (χ3v) is 4.79. The highest BCUT2D eigenvalue weighted by Gasteiger charge is 2.18. The van der Waals surface area contributed by atoms with Gasteiger partial charge < -0.3 is 20.3 Å². The first-order valence-corrected chi connectivity index (χ1v) is 9.94. The summed E-state index contributed by atoms with van der Waals surface area (Å²) in [7, 11) is 1.61. The Labute approximate surface area is 181 Å². The van der Waals surface area contributed by atoms with Crippen LogP contribution in [0.25, 0.3) is 10.8 Å². The number of likely N-dealkylation sites (N-methyl/N-ethyl adjacent to an activating group) is 1. The van der Waals surface area contributed by atoms with Crippen LogP contribution in [0, 0.1) is 0 Å². The molecule has 0 fully saturated rings. The molecule has 3 aromatic carbocycles. The maximum atomic E-state index is 13.0. The fraction of sp³-hybridized carbons (Fsp3) is 0.208. The molecule has 0 bridgehead atoms. The van der Waals surface area contributed by atoms with Crippen LogP contribution in [-0.4, -0.2) is 42.8 Å². The van der Waals surface area contributed by atoms with Gasteiger partial charge in [0.05, 0.1) is 7.11 Å². The normalized spacial score (nSPS) is 10.4. The fourth-order valence-electron chi connectivity index (χ4n) is 3.21. The number of nitrogens with zero attached hydrogens (tertiary/aromatic N) is 1. The van der Waals surface area contributed by atoms with Gasteiger partial charge in [0.25, 0.3) is 5.91 Å². The van der Waals surface area contributed by atoms with E-state index in [1.54, 1.807) is 37.4 Å². The number of fused-ring (bicyclic) bond motifs is 1. The van der Waals surface area contributed by atoms with Crippen LogP contribution >= 0.6 is 0 Å². The number of hydrogen-bond acceptors (Lipinski definition) is 4. The SMILES string of the molecule is CCN(CC(=O)Nc1ccc(NC(C)=O)cc1)C(=O)c1ccc2cc(OC)ccc2c1. The topological polar surface area (TPSA) is 87.7 Å². The van der Waals surface area contributed by atoms with Gasteiger partial charge in [0.1, 0.15) is 12.3 Å². The summed E-state index contributed by atoms with van der Waals surface area (Å²) in [6.07, 6.45) is 0. The van der Waals surface area contributed by atoms with E-state index in [1.807, 2.05) is 37.3 Å². The molecule has 0 aliphatic carbocycles. The van der Waals surface area contributed by atoms with Gasteiger partial charge in [-0.1, -0.05) is 12.1 Å². The lowest BCUT2D eigenvalue weighted by atomic mass is 10.1. The molecular weight excluding hydrogens is 394 g/mol. The van der Waals surface area contributed by atoms with Crippen LogP contribution in [0.1, 0.15) is 24.2 Å². The Morgan fingerprint density at radius 1 is 0.871 bits per heavy atom. The first-order valence-electron chi connectivity index (χ1n) is 9.94. The molecule has 0 saturated heterocycles. The van der Waals surface area contributed by atoms with Gasteiger partial charge in [-0.25, -0.2) is 0 Å². The van der Waals surface area contributed by atoms with Crippen molar-refractivity contribution in [2.75, 3.05) is 30.8 Å². The van der Waals surface area contributed by atoms with Gasteiger partial charge in [0.15, 0.2) is 0 Å². The van der Waals surface area contributed by atoms with Gasteiger partial charge >= 0.3 is 0 Å². The fourth-order valence-corrected chi connectivity index (χ4v) is 3.21. The maximum absolute atomic E-state index is 13.0. The largest absolute Gasteiger partial charge is 0.497 e. The molecule has 0 atom stereocenters. The predicted octanol–water partition coefficient (Wildman–Crippen LogP) is 3.91. The van der Waals surface area contributed by atoms with Gasteiger partial charge in [-0.2, -0.15) is 0 Å². The number of rotatable bonds is 7. The van der Waals surface area contributed by atoms with E-state index in [4.69, 9.17) is 4.74 Å². The van der Waals surface area contributed by atoms with Crippen molar-refractivity contribution in [3.8, 4) is 5.75 Å². The van der Waals surface area contributed by atoms with Crippen molar-refractivity contribution in [3.05, 3.63) is 66.2 Å². The lowest BCUT2D eigenvalue weighted by Gasteiger charge is -2.21. The van der Waals surface area contributed by atoms with Crippen molar-refractivity contribution in [1.29, 1.82) is 0 Å². The van der Waals surface area contributed by atoms with Crippen molar-refractivity contribution in [2.45, 2.75) is 13.8 Å². The standard InChI is InChI=1S/C24H25N3O4/c1-4-27(15-23(29)26-21-10-8-20(9-11-21)25-16(2)28)24(30)19-6-5-18-14-22(31-3)12-7-17(18)13-19/h5-14H,4,15H2,1-3H3,(H,25,28)(H,26,29). The van der Waals surface area contributed by atoms with Crippen molar-refractivity contribution in [2.24, 2.45) is 0 Å². The number of ether oxygens (including phenoxy) is 1. The minimum Gasteiger partial charge on any atom is -0.497 e. The molecule has 3 rings (SSSR count). The van der Waals surface area contributed by atoms with Gasteiger partial charge in [0, 0.05) is 30.4 Å². The van der Waals surface area contributed by atoms with E-state index >= 15 is 0 Å². The Bertz CT molecular complexity index is 1110. The molecule has 7 heteroatoms. The number of methoxy groups -OCH3 is 1. The molecule has 31 heavy (non-hydrogen) atoms. The highest BCUT2D eigenvalue weighted by Crippen LogP contribution is 2.22. The molecule has 0 aliphatic heterocycles. The van der Waals surface area contributed by atoms with E-state index in [1.165, 1.54) is 11.8 Å². The Morgan fingerprint density at radius 2 is 1.48 bits per heavy atom. The summed E-state index contributed by atoms with van der Waals surface area (Å²) in [4.78, 5) is 38.0. The average Bonchev–Trinajstić information content (AvgIpc) is 2.77. The van der Waals surface area contributed by atoms with E-state index in [9.17, 15) is 14.4 Å². The highest BCUT2D eigenvalue weighted by atomic mass is 16.5. The van der Waals surface area contributed by atoms with E-state index in [0.717, 1.165) is 16.5 Å². The highest BCUT2D eigenvalue weighted by molar-refractivity contribution is 6.02. The smallest absolute Gasteiger partial charge is 0.254 e. The first-order chi connectivity index (χ1) is 14.9. The Kier molecular flexibility index (Phi) is 6.87. The molecule has 0 saturated carbocycles. The zero-order chi connectivity index (χ0) is 22.4. The van der Waals surface area contributed by atoms with Crippen LogP contribution in [0.4, 0.5) is 11.4 Å². The van der Waals surface area contributed by atoms with Crippen molar-refractivity contribution in [1.82, 2.24) is 4.90 Å². The molecule has 0 aliphatic rings. The number of anilines is 2. The minimum atomic E-state index is -0.298. The van der Waals surface area contributed by atoms with Gasteiger partial charge in [0.2, 0.25) is 11.8 Å². The quantitative estimate of drug-likeness (QED) is 0.608. The summed E-state index contributed by atoms with van der Waals surface area (Å²) in [6, 6.07) is 17.9. The lowest BCUT2D eigenvalue weighted by molar-refractivity contribution is -0.117. The van der Waals surface area contributed by atoms with E-state index in [-0.39, 0.29) is 24.3 Å². The molecular formula is C24H25N3O4. The Balaban J connectivity index is 1.67. The number of carbonyl (C=O) groups excluding carboxylic acids is 3. The molecule has 3 aromatic rings. The number of carbonyl (C=O) groups is 3. The average molecular weight is 419 g/mol. The lowest BCUT2D eigenvalue weighted by Crippen LogP contribution is -2.37. The molecule has 0 heterocycles. The molecule has 7 nitrogen and oxygen atoms in total. The predicted molar refractivity (Wildman–Crippen MR) is 121 cm³/mol. The molecule has 2 N–H and O–H groups in total. The van der Waals surface area contributed by atoms with Crippen LogP contribution in [-0.2, 0) is 9.59 Å². The molecule has 0 aromatic heterocycles. The second-order valence-electron chi connectivity index (χ2n) is 7.05. The second kappa shape index (κ2) is 9.75. The molecule has 0 radical (unpaired) electrons. The van der Waals surface area contributed by atoms with Gasteiger partial charge in [-0.15, -0.1) is 0 Å². The Morgan fingerprint density at radius 3 is 2.10 bits per heavy atom. The van der Waals surface area contributed by atoms with Crippen LogP contribution in [0.2, 0.25) is 0 Å². The minimum absolute atomic E-state index is 0.0660. The van der Waals surface area contributed by atoms with Gasteiger partial charge in [-0.05, 0) is 66.2 Å². The molecule has 3 amide bonds. The third-order valence-electron chi connectivity index (χ3n) is 4.79. The summed E-state index contributed by atoms with van der Waals surface area (Å²) >= 11 is 0. The van der Waals surface area contributed by atoms with E-state index < -0.39 is 0 Å². The second-order valence-corrected chi connectivity index (χ2v) is 7.05. The first kappa shape index (κ1) is 21.8. The number of benzene rings is 3. The van der Waals surface area contributed by atoms with Crippen molar-refractivity contribution in [3.63, 3.8) is 0 Å². The summed E-state index contributed by atoms with van der Waals surface area (Å²) in [6.45, 7) is 3.59. The summed E-state index contributed by atoms with van der Waals surface area (Å²) in [5.41, 5.74) is 1.75. The summed E-state index contributed by atoms with van der Waals surface area (Å²) < 4.78 is 5.23. The zero-order valence-corrected chi connectivity index (χ0v) is 17.8. The third kappa shape index (κ3) is 5.60. The maximum Gasteiger partial charge on any atom is 0.254 e. The monoisotopic (exact) mass is 419 g/mol. The zero-order valence-electron chi connectivity index (χ0n) is 17.8. The Hall–Kier alpha value is -3.87. The van der Waals surface area contributed by atoms with Crippen molar-refractivity contribution < 1.29 is 19.1 Å². The van der Waals surface area contributed by atoms with E-state index in [2.05, 4.69) is 10.6 Å². The summed E-state index contributed by atoms with van der Waals surface area (Å²) in [5.74, 6) is 0.0784. The number of hydrogen-bond donors (Lipinski definition) is 2.